The van der Waals surface area contributed by atoms with Gasteiger partial charge in [0.2, 0.25) is 0 Å². The van der Waals surface area contributed by atoms with Gasteiger partial charge in [-0.05, 0) is 23.6 Å². The van der Waals surface area contributed by atoms with Crippen molar-refractivity contribution >= 4 is 11.6 Å². The van der Waals surface area contributed by atoms with Crippen LogP contribution in [0.25, 0.3) is 0 Å². The molecule has 1 atom stereocenters. The third kappa shape index (κ3) is 3.05. The molecular weight excluding hydrogens is 270 g/mol. The van der Waals surface area contributed by atoms with Crippen LogP contribution in [-0.4, -0.2) is 16.3 Å². The lowest BCUT2D eigenvalue weighted by atomic mass is 9.97. The van der Waals surface area contributed by atoms with Gasteiger partial charge in [-0.15, -0.1) is 0 Å². The van der Waals surface area contributed by atoms with Gasteiger partial charge < -0.3 is 5.32 Å². The molecule has 0 saturated heterocycles. The first-order chi connectivity index (χ1) is 9.54. The minimum absolute atomic E-state index is 0.0706. The standard InChI is InChI=1S/C16H22ClN3/c1-5-18-15(16-14(17)10-19-20(16)4)13-8-6-12(7-9-13)11(2)3/h6-11,15,18H,5H2,1-4H3. The number of aryl methyl sites for hydroxylation is 1. The summed E-state index contributed by atoms with van der Waals surface area (Å²) in [6.07, 6.45) is 1.70. The zero-order chi connectivity index (χ0) is 14.7. The second kappa shape index (κ2) is 6.42. The Morgan fingerprint density at radius 3 is 2.25 bits per heavy atom. The van der Waals surface area contributed by atoms with Crippen molar-refractivity contribution < 1.29 is 0 Å². The Bertz CT molecular complexity index is 538. The monoisotopic (exact) mass is 291 g/mol. The molecular formula is C16H22ClN3. The Morgan fingerprint density at radius 2 is 1.80 bits per heavy atom. The molecule has 0 amide bonds. The molecule has 3 nitrogen and oxygen atoms in total. The fraction of sp³-hybridized carbons (Fsp3) is 0.438. The molecule has 2 aromatic rings. The van der Waals surface area contributed by atoms with Crippen molar-refractivity contribution in [2.45, 2.75) is 32.7 Å². The minimum Gasteiger partial charge on any atom is -0.305 e. The number of halogens is 1. The van der Waals surface area contributed by atoms with E-state index in [9.17, 15) is 0 Å². The lowest BCUT2D eigenvalue weighted by Crippen LogP contribution is -2.24. The molecule has 0 fully saturated rings. The first-order valence-corrected chi connectivity index (χ1v) is 7.43. The number of benzene rings is 1. The number of aromatic nitrogens is 2. The highest BCUT2D eigenvalue weighted by molar-refractivity contribution is 6.31. The maximum Gasteiger partial charge on any atom is 0.0837 e. The van der Waals surface area contributed by atoms with Crippen LogP contribution >= 0.6 is 11.6 Å². The van der Waals surface area contributed by atoms with Gasteiger partial charge in [0.1, 0.15) is 0 Å². The highest BCUT2D eigenvalue weighted by Gasteiger charge is 2.20. The van der Waals surface area contributed by atoms with E-state index in [0.717, 1.165) is 12.2 Å². The number of nitrogens with one attached hydrogen (secondary N) is 1. The van der Waals surface area contributed by atoms with Gasteiger partial charge in [0.05, 0.1) is 23.0 Å². The van der Waals surface area contributed by atoms with Gasteiger partial charge in [0, 0.05) is 7.05 Å². The van der Waals surface area contributed by atoms with Gasteiger partial charge in [0.15, 0.2) is 0 Å². The van der Waals surface area contributed by atoms with Crippen LogP contribution in [0.15, 0.2) is 30.5 Å². The average molecular weight is 292 g/mol. The number of nitrogens with zero attached hydrogens (tertiary/aromatic N) is 2. The van der Waals surface area contributed by atoms with E-state index < -0.39 is 0 Å². The van der Waals surface area contributed by atoms with Gasteiger partial charge in [-0.1, -0.05) is 56.6 Å². The molecule has 20 heavy (non-hydrogen) atoms. The van der Waals surface area contributed by atoms with Gasteiger partial charge in [-0.2, -0.15) is 5.10 Å². The molecule has 1 aromatic heterocycles. The molecule has 0 aliphatic rings. The summed E-state index contributed by atoms with van der Waals surface area (Å²) < 4.78 is 1.84. The molecule has 0 bridgehead atoms. The number of hydrogen-bond donors (Lipinski definition) is 1. The predicted molar refractivity (Wildman–Crippen MR) is 84.3 cm³/mol. The van der Waals surface area contributed by atoms with E-state index in [0.29, 0.717) is 10.9 Å². The zero-order valence-electron chi connectivity index (χ0n) is 12.5. The first-order valence-electron chi connectivity index (χ1n) is 7.05. The van der Waals surface area contributed by atoms with E-state index in [1.54, 1.807) is 6.20 Å². The van der Waals surface area contributed by atoms with E-state index >= 15 is 0 Å². The maximum atomic E-state index is 6.28. The van der Waals surface area contributed by atoms with Crippen LogP contribution in [0.3, 0.4) is 0 Å². The van der Waals surface area contributed by atoms with Crippen LogP contribution in [0, 0.1) is 0 Å². The minimum atomic E-state index is 0.0706. The first kappa shape index (κ1) is 15.1. The number of hydrogen-bond acceptors (Lipinski definition) is 2. The van der Waals surface area contributed by atoms with Gasteiger partial charge >= 0.3 is 0 Å². The average Bonchev–Trinajstić information content (AvgIpc) is 2.76. The largest absolute Gasteiger partial charge is 0.305 e. The van der Waals surface area contributed by atoms with Crippen LogP contribution < -0.4 is 5.32 Å². The molecule has 1 unspecified atom stereocenters. The van der Waals surface area contributed by atoms with E-state index in [1.807, 2.05) is 11.7 Å². The van der Waals surface area contributed by atoms with E-state index in [2.05, 4.69) is 55.5 Å². The molecule has 1 aromatic carbocycles. The highest BCUT2D eigenvalue weighted by Crippen LogP contribution is 2.28. The summed E-state index contributed by atoms with van der Waals surface area (Å²) in [7, 11) is 1.92. The molecule has 0 aliphatic heterocycles. The third-order valence-electron chi connectivity index (χ3n) is 3.56. The van der Waals surface area contributed by atoms with Crippen LogP contribution in [0.2, 0.25) is 5.02 Å². The summed E-state index contributed by atoms with van der Waals surface area (Å²) in [5.41, 5.74) is 3.56. The molecule has 2 rings (SSSR count). The molecule has 108 valence electrons. The number of rotatable bonds is 5. The fourth-order valence-corrected chi connectivity index (χ4v) is 2.67. The zero-order valence-corrected chi connectivity index (χ0v) is 13.3. The van der Waals surface area contributed by atoms with Crippen molar-refractivity contribution in [3.63, 3.8) is 0 Å². The lowest BCUT2D eigenvalue weighted by Gasteiger charge is -2.20. The molecule has 4 heteroatoms. The van der Waals surface area contributed by atoms with Gasteiger partial charge in [-0.25, -0.2) is 0 Å². The lowest BCUT2D eigenvalue weighted by molar-refractivity contribution is 0.572. The van der Waals surface area contributed by atoms with E-state index in [1.165, 1.54) is 11.1 Å². The molecule has 1 N–H and O–H groups in total. The summed E-state index contributed by atoms with van der Waals surface area (Å²) in [6.45, 7) is 7.38. The van der Waals surface area contributed by atoms with Crippen molar-refractivity contribution in [2.75, 3.05) is 6.54 Å². The molecule has 1 heterocycles. The van der Waals surface area contributed by atoms with Crippen molar-refractivity contribution in [2.24, 2.45) is 7.05 Å². The summed E-state index contributed by atoms with van der Waals surface area (Å²) >= 11 is 6.28. The van der Waals surface area contributed by atoms with Crippen LogP contribution in [0.5, 0.6) is 0 Å². The second-order valence-electron chi connectivity index (χ2n) is 5.31. The summed E-state index contributed by atoms with van der Waals surface area (Å²) in [5.74, 6) is 0.543. The SMILES string of the molecule is CCNC(c1ccc(C(C)C)cc1)c1c(Cl)cnn1C. The smallest absolute Gasteiger partial charge is 0.0837 e. The van der Waals surface area contributed by atoms with Crippen molar-refractivity contribution in [3.8, 4) is 0 Å². The summed E-state index contributed by atoms with van der Waals surface area (Å²) in [5, 5.41) is 8.42. The van der Waals surface area contributed by atoms with Crippen molar-refractivity contribution in [1.29, 1.82) is 0 Å². The predicted octanol–water partition coefficient (Wildman–Crippen LogP) is 3.90. The molecule has 0 aliphatic carbocycles. The Balaban J connectivity index is 2.38. The normalized spacial score (nSPS) is 12.9. The Hall–Kier alpha value is -1.32. The van der Waals surface area contributed by atoms with Gasteiger partial charge in [-0.3, -0.25) is 4.68 Å². The third-order valence-corrected chi connectivity index (χ3v) is 3.85. The van der Waals surface area contributed by atoms with Crippen LogP contribution in [0.1, 0.15) is 49.6 Å². The second-order valence-corrected chi connectivity index (χ2v) is 5.72. The summed E-state index contributed by atoms with van der Waals surface area (Å²) in [6, 6.07) is 8.79. The Morgan fingerprint density at radius 1 is 1.20 bits per heavy atom. The van der Waals surface area contributed by atoms with Gasteiger partial charge in [0.25, 0.3) is 0 Å². The highest BCUT2D eigenvalue weighted by atomic mass is 35.5. The topological polar surface area (TPSA) is 29.9 Å². The molecule has 0 radical (unpaired) electrons. The van der Waals surface area contributed by atoms with Crippen molar-refractivity contribution in [1.82, 2.24) is 15.1 Å². The quantitative estimate of drug-likeness (QED) is 0.905. The van der Waals surface area contributed by atoms with Crippen molar-refractivity contribution in [3.05, 3.63) is 52.3 Å². The van der Waals surface area contributed by atoms with Crippen LogP contribution in [0.4, 0.5) is 0 Å². The maximum absolute atomic E-state index is 6.28. The Labute approximate surface area is 126 Å². The fourth-order valence-electron chi connectivity index (χ4n) is 2.39. The Kier molecular flexibility index (Phi) is 4.84. The molecule has 0 saturated carbocycles. The summed E-state index contributed by atoms with van der Waals surface area (Å²) in [4.78, 5) is 0. The van der Waals surface area contributed by atoms with E-state index in [-0.39, 0.29) is 6.04 Å². The molecule has 0 spiro atoms. The van der Waals surface area contributed by atoms with E-state index in [4.69, 9.17) is 11.6 Å². The van der Waals surface area contributed by atoms with Crippen LogP contribution in [-0.2, 0) is 7.05 Å².